The monoisotopic (exact) mass is 278 g/mol. The van der Waals surface area contributed by atoms with Crippen molar-refractivity contribution >= 4 is 5.97 Å². The SMILES string of the molecule is CC.CC.O=C1OCC2C3CC(C12)C1C2CCC(C2)C31. The molecule has 0 spiro atoms. The fraction of sp³-hybridized carbons (Fsp3) is 0.944. The highest BCUT2D eigenvalue weighted by Gasteiger charge is 2.68. The van der Waals surface area contributed by atoms with E-state index in [1.165, 1.54) is 25.7 Å². The molecule has 2 heteroatoms. The molecule has 1 aliphatic heterocycles. The molecule has 0 N–H and O–H groups in total. The van der Waals surface area contributed by atoms with E-state index in [0.717, 1.165) is 42.1 Å². The lowest BCUT2D eigenvalue weighted by atomic mass is 9.64. The molecule has 1 saturated heterocycles. The molecule has 114 valence electrons. The van der Waals surface area contributed by atoms with Crippen LogP contribution < -0.4 is 0 Å². The number of fused-ring (bicyclic) bond motifs is 12. The van der Waals surface area contributed by atoms with Crippen LogP contribution in [0.15, 0.2) is 0 Å². The topological polar surface area (TPSA) is 26.3 Å². The van der Waals surface area contributed by atoms with Crippen molar-refractivity contribution in [2.75, 3.05) is 6.61 Å². The molecular weight excluding hydrogens is 248 g/mol. The van der Waals surface area contributed by atoms with Crippen LogP contribution in [0.2, 0.25) is 0 Å². The molecule has 5 rings (SSSR count). The summed E-state index contributed by atoms with van der Waals surface area (Å²) in [5.41, 5.74) is 0. The predicted octanol–water partition coefficient (Wildman–Crippen LogP) is 4.14. The van der Waals surface area contributed by atoms with Crippen LogP contribution in [-0.2, 0) is 9.53 Å². The standard InChI is InChI=1S/C14H18O2.2C2H6/c15-14-13-9-4-8(10(13)5-16-14)11-6-1-2-7(3-6)12(9)11;2*1-2/h6-13H,1-5H2;2*1-2H3. The van der Waals surface area contributed by atoms with Gasteiger partial charge in [0.05, 0.1) is 12.5 Å². The summed E-state index contributed by atoms with van der Waals surface area (Å²) in [7, 11) is 0. The molecule has 5 aliphatic rings. The summed E-state index contributed by atoms with van der Waals surface area (Å²) < 4.78 is 5.32. The van der Waals surface area contributed by atoms with E-state index in [0.29, 0.717) is 11.8 Å². The van der Waals surface area contributed by atoms with Crippen molar-refractivity contribution in [3.8, 4) is 0 Å². The van der Waals surface area contributed by atoms with Gasteiger partial charge in [0.15, 0.2) is 0 Å². The van der Waals surface area contributed by atoms with Crippen molar-refractivity contribution in [3.05, 3.63) is 0 Å². The Bertz CT molecular complexity index is 378. The molecule has 4 aliphatic carbocycles. The summed E-state index contributed by atoms with van der Waals surface area (Å²) in [4.78, 5) is 11.8. The van der Waals surface area contributed by atoms with E-state index in [2.05, 4.69) is 0 Å². The molecule has 4 saturated carbocycles. The highest BCUT2D eigenvalue weighted by Crippen LogP contribution is 2.71. The summed E-state index contributed by atoms with van der Waals surface area (Å²) in [6.45, 7) is 8.76. The van der Waals surface area contributed by atoms with Crippen LogP contribution in [0, 0.1) is 47.3 Å². The molecule has 2 nitrogen and oxygen atoms in total. The summed E-state index contributed by atoms with van der Waals surface area (Å²) in [6, 6.07) is 0. The number of carbonyl (C=O) groups is 1. The van der Waals surface area contributed by atoms with Crippen LogP contribution in [0.4, 0.5) is 0 Å². The Labute approximate surface area is 123 Å². The molecule has 0 radical (unpaired) electrons. The lowest BCUT2D eigenvalue weighted by Crippen LogP contribution is -2.38. The summed E-state index contributed by atoms with van der Waals surface area (Å²) in [6.07, 6.45) is 5.81. The quantitative estimate of drug-likeness (QED) is 0.492. The molecule has 8 unspecified atom stereocenters. The van der Waals surface area contributed by atoms with Crippen LogP contribution in [0.5, 0.6) is 0 Å². The first-order valence-electron chi connectivity index (χ1n) is 9.01. The lowest BCUT2D eigenvalue weighted by Gasteiger charge is -2.38. The first-order valence-corrected chi connectivity index (χ1v) is 9.01. The van der Waals surface area contributed by atoms with Gasteiger partial charge in [-0.3, -0.25) is 4.79 Å². The van der Waals surface area contributed by atoms with E-state index in [1.54, 1.807) is 0 Å². The number of cyclic esters (lactones) is 1. The summed E-state index contributed by atoms with van der Waals surface area (Å²) >= 11 is 0. The van der Waals surface area contributed by atoms with Crippen molar-refractivity contribution < 1.29 is 9.53 Å². The molecule has 4 bridgehead atoms. The Morgan fingerprint density at radius 2 is 1.45 bits per heavy atom. The molecule has 0 aromatic rings. The van der Waals surface area contributed by atoms with E-state index in [4.69, 9.17) is 4.74 Å². The second-order valence-corrected chi connectivity index (χ2v) is 6.87. The van der Waals surface area contributed by atoms with E-state index in [-0.39, 0.29) is 5.97 Å². The fourth-order valence-electron chi connectivity index (χ4n) is 6.56. The number of ether oxygens (including phenoxy) is 1. The fourth-order valence-corrected chi connectivity index (χ4v) is 6.56. The van der Waals surface area contributed by atoms with Crippen LogP contribution in [0.25, 0.3) is 0 Å². The van der Waals surface area contributed by atoms with Crippen molar-refractivity contribution in [2.45, 2.75) is 53.4 Å². The molecule has 20 heavy (non-hydrogen) atoms. The van der Waals surface area contributed by atoms with Gasteiger partial charge in [0.1, 0.15) is 0 Å². The highest BCUT2D eigenvalue weighted by atomic mass is 16.5. The van der Waals surface area contributed by atoms with Gasteiger partial charge in [0.25, 0.3) is 0 Å². The van der Waals surface area contributed by atoms with E-state index in [9.17, 15) is 4.79 Å². The zero-order valence-corrected chi connectivity index (χ0v) is 13.5. The van der Waals surface area contributed by atoms with Crippen LogP contribution >= 0.6 is 0 Å². The maximum Gasteiger partial charge on any atom is 0.309 e. The molecule has 0 aromatic carbocycles. The number of rotatable bonds is 0. The van der Waals surface area contributed by atoms with Gasteiger partial charge >= 0.3 is 5.97 Å². The van der Waals surface area contributed by atoms with Gasteiger partial charge < -0.3 is 4.74 Å². The maximum atomic E-state index is 11.8. The van der Waals surface area contributed by atoms with Gasteiger partial charge in [0, 0.05) is 5.92 Å². The molecule has 0 aromatic heterocycles. The number of hydrogen-bond acceptors (Lipinski definition) is 2. The largest absolute Gasteiger partial charge is 0.465 e. The van der Waals surface area contributed by atoms with E-state index >= 15 is 0 Å². The third kappa shape index (κ3) is 1.66. The van der Waals surface area contributed by atoms with Crippen LogP contribution in [0.3, 0.4) is 0 Å². The normalized spacial score (nSPS) is 52.5. The average molecular weight is 278 g/mol. The van der Waals surface area contributed by atoms with Gasteiger partial charge in [-0.25, -0.2) is 0 Å². The first kappa shape index (κ1) is 14.4. The molecular formula is C18H30O2. The third-order valence-electron chi connectivity index (χ3n) is 6.74. The summed E-state index contributed by atoms with van der Waals surface area (Å²) in [5.74, 6) is 6.63. The molecule has 8 atom stereocenters. The molecule has 5 fully saturated rings. The van der Waals surface area contributed by atoms with Crippen molar-refractivity contribution in [2.24, 2.45) is 47.3 Å². The minimum Gasteiger partial charge on any atom is -0.465 e. The first-order chi connectivity index (χ1) is 9.84. The van der Waals surface area contributed by atoms with Gasteiger partial charge in [-0.2, -0.15) is 0 Å². The van der Waals surface area contributed by atoms with Gasteiger partial charge in [0.2, 0.25) is 0 Å². The minimum absolute atomic E-state index is 0.152. The van der Waals surface area contributed by atoms with Crippen molar-refractivity contribution in [3.63, 3.8) is 0 Å². The van der Waals surface area contributed by atoms with Gasteiger partial charge in [-0.15, -0.1) is 0 Å². The predicted molar refractivity (Wildman–Crippen MR) is 80.0 cm³/mol. The van der Waals surface area contributed by atoms with E-state index < -0.39 is 0 Å². The second-order valence-electron chi connectivity index (χ2n) is 6.87. The minimum atomic E-state index is 0.152. The van der Waals surface area contributed by atoms with E-state index in [1.807, 2.05) is 27.7 Å². The number of esters is 1. The zero-order valence-electron chi connectivity index (χ0n) is 13.5. The van der Waals surface area contributed by atoms with Gasteiger partial charge in [-0.1, -0.05) is 27.7 Å². The van der Waals surface area contributed by atoms with Crippen LogP contribution in [-0.4, -0.2) is 12.6 Å². The second kappa shape index (κ2) is 5.35. The van der Waals surface area contributed by atoms with Crippen molar-refractivity contribution in [1.82, 2.24) is 0 Å². The molecule has 0 amide bonds. The third-order valence-corrected chi connectivity index (χ3v) is 6.74. The smallest absolute Gasteiger partial charge is 0.309 e. The Kier molecular flexibility index (Phi) is 3.85. The van der Waals surface area contributed by atoms with Gasteiger partial charge in [-0.05, 0) is 61.2 Å². The summed E-state index contributed by atoms with van der Waals surface area (Å²) in [5, 5.41) is 0. The lowest BCUT2D eigenvalue weighted by molar-refractivity contribution is -0.143. The Morgan fingerprint density at radius 3 is 2.10 bits per heavy atom. The average Bonchev–Trinajstić information content (AvgIpc) is 3.27. The maximum absolute atomic E-state index is 11.8. The number of hydrogen-bond donors (Lipinski definition) is 0. The highest BCUT2D eigenvalue weighted by molar-refractivity contribution is 5.76. The Morgan fingerprint density at radius 1 is 0.850 bits per heavy atom. The van der Waals surface area contributed by atoms with Crippen molar-refractivity contribution in [1.29, 1.82) is 0 Å². The Hall–Kier alpha value is -0.530. The Balaban J connectivity index is 0.000000281. The van der Waals surface area contributed by atoms with Crippen LogP contribution in [0.1, 0.15) is 53.4 Å². The molecule has 1 heterocycles. The zero-order chi connectivity index (χ0) is 14.4. The number of carbonyl (C=O) groups excluding carboxylic acids is 1.